The molecule has 1 saturated heterocycles. The number of benzene rings is 2. The summed E-state index contributed by atoms with van der Waals surface area (Å²) in [7, 11) is 2.17. The van der Waals surface area contributed by atoms with Crippen LogP contribution in [0.25, 0.3) is 22.4 Å². The van der Waals surface area contributed by atoms with E-state index in [1.54, 1.807) is 0 Å². The summed E-state index contributed by atoms with van der Waals surface area (Å²) >= 11 is 0. The number of nitrogens with zero attached hydrogens (tertiary/aromatic N) is 2. The first-order valence-corrected chi connectivity index (χ1v) is 9.25. The second kappa shape index (κ2) is 9.03. The predicted octanol–water partition coefficient (Wildman–Crippen LogP) is 5.31. The molecule has 27 heavy (non-hydrogen) atoms. The van der Waals surface area contributed by atoms with Crippen LogP contribution in [0.1, 0.15) is 12.8 Å². The predicted molar refractivity (Wildman–Crippen MR) is 114 cm³/mol. The average Bonchev–Trinajstić information content (AvgIpc) is 3.12. The summed E-state index contributed by atoms with van der Waals surface area (Å²) in [4.78, 5) is 7.13. The highest BCUT2D eigenvalue weighted by atomic mass is 35.5. The van der Waals surface area contributed by atoms with E-state index in [2.05, 4.69) is 54.4 Å². The first-order chi connectivity index (χ1) is 12.8. The van der Waals surface area contributed by atoms with E-state index in [4.69, 9.17) is 9.72 Å². The summed E-state index contributed by atoms with van der Waals surface area (Å²) in [6.07, 6.45) is 4.31. The molecule has 1 atom stereocenters. The lowest BCUT2D eigenvalue weighted by atomic mass is 9.99. The smallest absolute Gasteiger partial charge is 0.138 e. The van der Waals surface area contributed by atoms with Crippen LogP contribution < -0.4 is 4.74 Å². The van der Waals surface area contributed by atoms with Crippen LogP contribution >= 0.6 is 12.4 Å². The topological polar surface area (TPSA) is 25.4 Å². The van der Waals surface area contributed by atoms with Crippen LogP contribution in [0.15, 0.2) is 72.9 Å². The van der Waals surface area contributed by atoms with E-state index < -0.39 is 0 Å². The lowest BCUT2D eigenvalue weighted by molar-refractivity contribution is 0.198. The summed E-state index contributed by atoms with van der Waals surface area (Å²) in [5, 5.41) is 0. The summed E-state index contributed by atoms with van der Waals surface area (Å²) in [5.74, 6) is 0.837. The van der Waals surface area contributed by atoms with Gasteiger partial charge in [-0.05, 0) is 38.1 Å². The third-order valence-corrected chi connectivity index (χ3v) is 5.11. The highest BCUT2D eigenvalue weighted by molar-refractivity contribution is 5.85. The molecule has 3 nitrogen and oxygen atoms in total. The Bertz CT molecular complexity index is 855. The Labute approximate surface area is 167 Å². The van der Waals surface area contributed by atoms with Crippen molar-refractivity contribution in [3.8, 4) is 28.1 Å². The molecular formula is C23H25ClN2O. The normalized spacial score (nSPS) is 16.7. The van der Waals surface area contributed by atoms with Crippen molar-refractivity contribution in [3.05, 3.63) is 72.9 Å². The lowest BCUT2D eigenvalue weighted by Crippen LogP contribution is -2.30. The molecule has 2 aromatic carbocycles. The highest BCUT2D eigenvalue weighted by Crippen LogP contribution is 2.33. The maximum atomic E-state index is 6.11. The van der Waals surface area contributed by atoms with Gasteiger partial charge in [-0.2, -0.15) is 0 Å². The molecule has 1 fully saturated rings. The van der Waals surface area contributed by atoms with Gasteiger partial charge in [0, 0.05) is 17.2 Å². The van der Waals surface area contributed by atoms with E-state index in [1.165, 1.54) is 12.8 Å². The van der Waals surface area contributed by atoms with Crippen molar-refractivity contribution >= 4 is 12.4 Å². The number of ether oxygens (including phenoxy) is 1. The van der Waals surface area contributed by atoms with E-state index in [0.29, 0.717) is 6.04 Å². The van der Waals surface area contributed by atoms with Gasteiger partial charge in [0.2, 0.25) is 0 Å². The second-order valence-electron chi connectivity index (χ2n) is 6.89. The van der Waals surface area contributed by atoms with Crippen LogP contribution in [0.5, 0.6) is 5.75 Å². The zero-order valence-electron chi connectivity index (χ0n) is 15.5. The van der Waals surface area contributed by atoms with Crippen molar-refractivity contribution < 1.29 is 4.74 Å². The molecule has 0 radical (unpaired) electrons. The monoisotopic (exact) mass is 380 g/mol. The third-order valence-electron chi connectivity index (χ3n) is 5.11. The fourth-order valence-electron chi connectivity index (χ4n) is 3.57. The Morgan fingerprint density at radius 2 is 1.67 bits per heavy atom. The molecule has 0 N–H and O–H groups in total. The third kappa shape index (κ3) is 4.49. The molecule has 0 spiro atoms. The second-order valence-corrected chi connectivity index (χ2v) is 6.89. The molecule has 0 aliphatic carbocycles. The minimum absolute atomic E-state index is 0. The summed E-state index contributed by atoms with van der Waals surface area (Å²) < 4.78 is 6.11. The maximum absolute atomic E-state index is 6.11. The van der Waals surface area contributed by atoms with Gasteiger partial charge >= 0.3 is 0 Å². The van der Waals surface area contributed by atoms with Crippen LogP contribution in [0.4, 0.5) is 0 Å². The van der Waals surface area contributed by atoms with Gasteiger partial charge < -0.3 is 9.64 Å². The number of hydrogen-bond donors (Lipinski definition) is 0. The molecule has 4 rings (SSSR count). The highest BCUT2D eigenvalue weighted by Gasteiger charge is 2.21. The van der Waals surface area contributed by atoms with Gasteiger partial charge in [-0.15, -0.1) is 12.4 Å². The zero-order valence-corrected chi connectivity index (χ0v) is 16.4. The van der Waals surface area contributed by atoms with Crippen LogP contribution in [-0.2, 0) is 0 Å². The molecule has 3 aromatic rings. The summed E-state index contributed by atoms with van der Waals surface area (Å²) in [6, 6.07) is 23.4. The largest absolute Gasteiger partial charge is 0.490 e. The lowest BCUT2D eigenvalue weighted by Gasteiger charge is -2.20. The summed E-state index contributed by atoms with van der Waals surface area (Å²) in [5.41, 5.74) is 4.37. The number of likely N-dealkylation sites (tertiary alicyclic amines) is 1. The maximum Gasteiger partial charge on any atom is 0.138 e. The first-order valence-electron chi connectivity index (χ1n) is 9.25. The van der Waals surface area contributed by atoms with Gasteiger partial charge in [0.15, 0.2) is 0 Å². The molecule has 140 valence electrons. The molecule has 1 aliphatic heterocycles. The molecule has 0 unspecified atom stereocenters. The Kier molecular flexibility index (Phi) is 6.49. The molecule has 4 heteroatoms. The van der Waals surface area contributed by atoms with Gasteiger partial charge in [-0.1, -0.05) is 60.7 Å². The number of hydrogen-bond acceptors (Lipinski definition) is 3. The van der Waals surface area contributed by atoms with Crippen molar-refractivity contribution in [1.82, 2.24) is 9.88 Å². The van der Waals surface area contributed by atoms with Crippen LogP contribution in [0, 0.1) is 0 Å². The molecule has 2 heterocycles. The Morgan fingerprint density at radius 3 is 2.30 bits per heavy atom. The minimum Gasteiger partial charge on any atom is -0.490 e. The van der Waals surface area contributed by atoms with Crippen molar-refractivity contribution in [2.75, 3.05) is 20.2 Å². The molecule has 0 bridgehead atoms. The van der Waals surface area contributed by atoms with E-state index in [0.717, 1.165) is 41.3 Å². The number of pyridine rings is 1. The van der Waals surface area contributed by atoms with E-state index in [-0.39, 0.29) is 12.4 Å². The van der Waals surface area contributed by atoms with Gasteiger partial charge in [-0.25, -0.2) is 0 Å². The SMILES string of the molecule is CN1CCC[C@@H]1COc1cnc(-c2ccccc2)c(-c2ccccc2)c1.Cl. The Morgan fingerprint density at radius 1 is 1.00 bits per heavy atom. The fourth-order valence-corrected chi connectivity index (χ4v) is 3.57. The Balaban J connectivity index is 0.00000210. The van der Waals surface area contributed by atoms with E-state index >= 15 is 0 Å². The molecule has 0 amide bonds. The number of rotatable bonds is 5. The molecule has 1 aromatic heterocycles. The molecular weight excluding hydrogens is 356 g/mol. The standard InChI is InChI=1S/C23H24N2O.ClH/c1-25-14-8-13-20(25)17-26-21-15-22(18-9-4-2-5-10-18)23(24-16-21)19-11-6-3-7-12-19;/h2-7,9-12,15-16,20H,8,13-14,17H2,1H3;1H/t20-;/m1./s1. The van der Waals surface area contributed by atoms with Gasteiger partial charge in [-0.3, -0.25) is 4.98 Å². The summed E-state index contributed by atoms with van der Waals surface area (Å²) in [6.45, 7) is 1.88. The fraction of sp³-hybridized carbons (Fsp3) is 0.261. The van der Waals surface area contributed by atoms with Crippen molar-refractivity contribution in [1.29, 1.82) is 0 Å². The number of halogens is 1. The van der Waals surface area contributed by atoms with Crippen LogP contribution in [0.2, 0.25) is 0 Å². The number of aromatic nitrogens is 1. The van der Waals surface area contributed by atoms with Crippen molar-refractivity contribution in [2.45, 2.75) is 18.9 Å². The van der Waals surface area contributed by atoms with E-state index in [9.17, 15) is 0 Å². The zero-order chi connectivity index (χ0) is 17.8. The quantitative estimate of drug-likeness (QED) is 0.599. The van der Waals surface area contributed by atoms with Crippen molar-refractivity contribution in [2.24, 2.45) is 0 Å². The van der Waals surface area contributed by atoms with Gasteiger partial charge in [0.25, 0.3) is 0 Å². The molecule has 0 saturated carbocycles. The van der Waals surface area contributed by atoms with Gasteiger partial charge in [0.1, 0.15) is 12.4 Å². The van der Waals surface area contributed by atoms with Crippen LogP contribution in [-0.4, -0.2) is 36.1 Å². The Hall–Kier alpha value is -2.36. The minimum atomic E-state index is 0. The average molecular weight is 381 g/mol. The van der Waals surface area contributed by atoms with Crippen LogP contribution in [0.3, 0.4) is 0 Å². The van der Waals surface area contributed by atoms with E-state index in [1.807, 2.05) is 30.5 Å². The first kappa shape index (κ1) is 19.4. The van der Waals surface area contributed by atoms with Crippen molar-refractivity contribution in [3.63, 3.8) is 0 Å². The number of likely N-dealkylation sites (N-methyl/N-ethyl adjacent to an activating group) is 1. The molecule has 1 aliphatic rings. The van der Waals surface area contributed by atoms with Gasteiger partial charge in [0.05, 0.1) is 11.9 Å².